The molecule has 0 saturated heterocycles. The smallest absolute Gasteiger partial charge is 0.337 e. The number of Topliss-reactive ketones (excluding diaryl/α,β-unsaturated/α-hetero) is 1. The van der Waals surface area contributed by atoms with Gasteiger partial charge in [-0.1, -0.05) is 19.1 Å². The number of carboxylic acids is 1. The number of nitrogens with zero attached hydrogens (tertiary/aromatic N) is 1. The Morgan fingerprint density at radius 3 is 2.70 bits per heavy atom. The van der Waals surface area contributed by atoms with Crippen molar-refractivity contribution in [3.63, 3.8) is 0 Å². The molecular formula is C17H21NO5. The van der Waals surface area contributed by atoms with Crippen molar-refractivity contribution < 1.29 is 24.2 Å². The van der Waals surface area contributed by atoms with Gasteiger partial charge < -0.3 is 14.7 Å². The van der Waals surface area contributed by atoms with Gasteiger partial charge in [0, 0.05) is 17.8 Å². The Balaban J connectivity index is 2.16. The van der Waals surface area contributed by atoms with Crippen LogP contribution in [0.15, 0.2) is 24.3 Å². The number of aliphatic carboxylic acids is 1. The van der Waals surface area contributed by atoms with Gasteiger partial charge in [-0.15, -0.1) is 0 Å². The Morgan fingerprint density at radius 1 is 1.35 bits per heavy atom. The van der Waals surface area contributed by atoms with Crippen molar-refractivity contribution >= 4 is 23.4 Å². The SMILES string of the molecule is CCOC(=O)[C@H]1C(=O)c2ccccc2N1CCC[C@H](C)C(=O)O. The zero-order valence-electron chi connectivity index (χ0n) is 13.3. The van der Waals surface area contributed by atoms with E-state index in [2.05, 4.69) is 0 Å². The van der Waals surface area contributed by atoms with E-state index in [1.165, 1.54) is 0 Å². The normalized spacial score (nSPS) is 17.7. The lowest BCUT2D eigenvalue weighted by Crippen LogP contribution is -2.43. The lowest BCUT2D eigenvalue weighted by Gasteiger charge is -2.25. The third-order valence-electron chi connectivity index (χ3n) is 4.01. The van der Waals surface area contributed by atoms with Crippen molar-refractivity contribution in [3.05, 3.63) is 29.8 Å². The summed E-state index contributed by atoms with van der Waals surface area (Å²) in [5, 5.41) is 8.94. The Morgan fingerprint density at radius 2 is 2.04 bits per heavy atom. The number of hydrogen-bond donors (Lipinski definition) is 1. The van der Waals surface area contributed by atoms with Crippen molar-refractivity contribution in [2.75, 3.05) is 18.1 Å². The van der Waals surface area contributed by atoms with Crippen LogP contribution in [0.5, 0.6) is 0 Å². The summed E-state index contributed by atoms with van der Waals surface area (Å²) >= 11 is 0. The minimum Gasteiger partial charge on any atom is -0.481 e. The first-order valence-electron chi connectivity index (χ1n) is 7.76. The quantitative estimate of drug-likeness (QED) is 0.612. The van der Waals surface area contributed by atoms with Crippen molar-refractivity contribution in [1.29, 1.82) is 0 Å². The standard InChI is InChI=1S/C17H21NO5/c1-3-23-17(22)14-15(19)12-8-4-5-9-13(12)18(14)10-6-7-11(2)16(20)21/h4-5,8-9,11,14H,3,6-7,10H2,1-2H3,(H,20,21)/t11-,14+/m0/s1. The van der Waals surface area contributed by atoms with Gasteiger partial charge in [-0.3, -0.25) is 9.59 Å². The minimum atomic E-state index is -0.965. The van der Waals surface area contributed by atoms with Crippen LogP contribution in [-0.4, -0.2) is 42.0 Å². The highest BCUT2D eigenvalue weighted by Crippen LogP contribution is 2.33. The van der Waals surface area contributed by atoms with Crippen LogP contribution in [0, 0.1) is 5.92 Å². The molecule has 1 heterocycles. The van der Waals surface area contributed by atoms with Gasteiger partial charge in [0.05, 0.1) is 12.5 Å². The number of ether oxygens (including phenoxy) is 1. The second-order valence-electron chi connectivity index (χ2n) is 5.61. The summed E-state index contributed by atoms with van der Waals surface area (Å²) in [7, 11) is 0. The number of carboxylic acid groups (broad SMARTS) is 1. The summed E-state index contributed by atoms with van der Waals surface area (Å²) in [6.07, 6.45) is 1.06. The zero-order valence-corrected chi connectivity index (χ0v) is 13.3. The molecule has 0 aromatic heterocycles. The molecule has 1 aliphatic rings. The minimum absolute atomic E-state index is 0.211. The first kappa shape index (κ1) is 17.0. The highest BCUT2D eigenvalue weighted by Gasteiger charge is 2.42. The average molecular weight is 319 g/mol. The highest BCUT2D eigenvalue weighted by atomic mass is 16.5. The van der Waals surface area contributed by atoms with E-state index in [-0.39, 0.29) is 12.4 Å². The lowest BCUT2D eigenvalue weighted by atomic mass is 10.1. The molecule has 0 aliphatic carbocycles. The number of esters is 1. The van der Waals surface area contributed by atoms with Crippen molar-refractivity contribution in [2.24, 2.45) is 5.92 Å². The molecule has 0 saturated carbocycles. The maximum Gasteiger partial charge on any atom is 0.337 e. The fourth-order valence-corrected chi connectivity index (χ4v) is 2.76. The van der Waals surface area contributed by atoms with E-state index >= 15 is 0 Å². The van der Waals surface area contributed by atoms with E-state index in [0.717, 1.165) is 0 Å². The predicted molar refractivity (Wildman–Crippen MR) is 84.6 cm³/mol. The van der Waals surface area contributed by atoms with Crippen LogP contribution in [0.25, 0.3) is 0 Å². The summed E-state index contributed by atoms with van der Waals surface area (Å²) in [5.41, 5.74) is 1.22. The molecule has 124 valence electrons. The molecule has 2 atom stereocenters. The predicted octanol–water partition coefficient (Wildman–Crippen LogP) is 2.12. The highest BCUT2D eigenvalue weighted by molar-refractivity contribution is 6.20. The van der Waals surface area contributed by atoms with Gasteiger partial charge in [0.1, 0.15) is 0 Å². The number of carbonyl (C=O) groups is 3. The molecule has 1 aromatic rings. The Hall–Kier alpha value is -2.37. The number of ketones is 1. The number of fused-ring (bicyclic) bond motifs is 1. The summed E-state index contributed by atoms with van der Waals surface area (Å²) < 4.78 is 5.03. The van der Waals surface area contributed by atoms with Crippen LogP contribution in [0.2, 0.25) is 0 Å². The number of benzene rings is 1. The van der Waals surface area contributed by atoms with Gasteiger partial charge in [-0.05, 0) is 31.9 Å². The topological polar surface area (TPSA) is 83.9 Å². The van der Waals surface area contributed by atoms with Crippen LogP contribution in [0.4, 0.5) is 5.69 Å². The largest absolute Gasteiger partial charge is 0.481 e. The van der Waals surface area contributed by atoms with Gasteiger partial charge in [0.2, 0.25) is 0 Å². The number of carbonyl (C=O) groups excluding carboxylic acids is 2. The van der Waals surface area contributed by atoms with Gasteiger partial charge in [-0.2, -0.15) is 0 Å². The fourth-order valence-electron chi connectivity index (χ4n) is 2.76. The van der Waals surface area contributed by atoms with E-state index in [1.807, 2.05) is 6.07 Å². The summed E-state index contributed by atoms with van der Waals surface area (Å²) in [6.45, 7) is 3.99. The van der Waals surface area contributed by atoms with Crippen LogP contribution >= 0.6 is 0 Å². The maximum atomic E-state index is 12.5. The van der Waals surface area contributed by atoms with Crippen molar-refractivity contribution in [3.8, 4) is 0 Å². The molecule has 0 fully saturated rings. The van der Waals surface area contributed by atoms with E-state index in [0.29, 0.717) is 30.6 Å². The zero-order chi connectivity index (χ0) is 17.0. The van der Waals surface area contributed by atoms with Gasteiger partial charge in [0.15, 0.2) is 11.8 Å². The van der Waals surface area contributed by atoms with Crippen LogP contribution in [0.3, 0.4) is 0 Å². The van der Waals surface area contributed by atoms with Gasteiger partial charge in [-0.25, -0.2) is 4.79 Å². The molecule has 6 heteroatoms. The molecule has 1 N–H and O–H groups in total. The molecule has 0 spiro atoms. The average Bonchev–Trinajstić information content (AvgIpc) is 2.80. The van der Waals surface area contributed by atoms with Crippen LogP contribution in [-0.2, 0) is 14.3 Å². The third kappa shape index (κ3) is 3.52. The molecule has 0 radical (unpaired) electrons. The third-order valence-corrected chi connectivity index (χ3v) is 4.01. The maximum absolute atomic E-state index is 12.5. The Kier molecular flexibility index (Phi) is 5.36. The molecule has 0 bridgehead atoms. The van der Waals surface area contributed by atoms with Crippen LogP contribution in [0.1, 0.15) is 37.0 Å². The Bertz CT molecular complexity index is 613. The van der Waals surface area contributed by atoms with Crippen molar-refractivity contribution in [2.45, 2.75) is 32.7 Å². The van der Waals surface area contributed by atoms with E-state index < -0.39 is 23.9 Å². The molecule has 0 amide bonds. The fraction of sp³-hybridized carbons (Fsp3) is 0.471. The lowest BCUT2D eigenvalue weighted by molar-refractivity contribution is -0.143. The number of para-hydroxylation sites is 1. The first-order chi connectivity index (χ1) is 11.0. The van der Waals surface area contributed by atoms with Gasteiger partial charge in [0.25, 0.3) is 0 Å². The van der Waals surface area contributed by atoms with E-state index in [9.17, 15) is 14.4 Å². The van der Waals surface area contributed by atoms with E-state index in [1.54, 1.807) is 36.9 Å². The first-order valence-corrected chi connectivity index (χ1v) is 7.76. The second kappa shape index (κ2) is 7.26. The summed E-state index contributed by atoms with van der Waals surface area (Å²) in [5.74, 6) is -2.11. The Labute approximate surface area is 135 Å². The summed E-state index contributed by atoms with van der Waals surface area (Å²) in [6, 6.07) is 6.10. The monoisotopic (exact) mass is 319 g/mol. The molecular weight excluding hydrogens is 298 g/mol. The molecule has 2 rings (SSSR count). The van der Waals surface area contributed by atoms with Gasteiger partial charge >= 0.3 is 11.9 Å². The number of anilines is 1. The number of hydrogen-bond acceptors (Lipinski definition) is 5. The molecule has 1 aliphatic heterocycles. The second-order valence-corrected chi connectivity index (χ2v) is 5.61. The molecule has 23 heavy (non-hydrogen) atoms. The molecule has 1 aromatic carbocycles. The summed E-state index contributed by atoms with van der Waals surface area (Å²) in [4.78, 5) is 37.3. The number of rotatable bonds is 7. The molecule has 0 unspecified atom stereocenters. The van der Waals surface area contributed by atoms with E-state index in [4.69, 9.17) is 9.84 Å². The van der Waals surface area contributed by atoms with Crippen molar-refractivity contribution in [1.82, 2.24) is 0 Å². The molecule has 6 nitrogen and oxygen atoms in total. The van der Waals surface area contributed by atoms with Crippen LogP contribution < -0.4 is 4.90 Å².